The van der Waals surface area contributed by atoms with E-state index in [4.69, 9.17) is 0 Å². The van der Waals surface area contributed by atoms with Crippen LogP contribution in [-0.2, 0) is 9.53 Å². The number of alkyl halides is 3. The zero-order valence-corrected chi connectivity index (χ0v) is 16.9. The first-order valence-corrected chi connectivity index (χ1v) is 11.1. The zero-order chi connectivity index (χ0) is 19.7. The van der Waals surface area contributed by atoms with Gasteiger partial charge in [-0.3, -0.25) is 4.79 Å². The molecule has 2 nitrogen and oxygen atoms in total. The fourth-order valence-electron chi connectivity index (χ4n) is 4.39. The molecule has 0 aromatic heterocycles. The Hall–Kier alpha value is -0.740. The van der Waals surface area contributed by atoms with Crippen LogP contribution in [0.2, 0.25) is 0 Å². The molecular weight excluding hydrogens is 353 g/mol. The molecule has 0 aliphatic heterocycles. The molecule has 5 heteroatoms. The molecule has 2 aliphatic carbocycles. The van der Waals surface area contributed by atoms with Crippen molar-refractivity contribution in [2.45, 2.75) is 103 Å². The second-order valence-corrected chi connectivity index (χ2v) is 8.83. The highest BCUT2D eigenvalue weighted by molar-refractivity contribution is 5.69. The van der Waals surface area contributed by atoms with Gasteiger partial charge >= 0.3 is 12.1 Å². The van der Waals surface area contributed by atoms with Gasteiger partial charge in [0.15, 0.2) is 6.61 Å². The topological polar surface area (TPSA) is 26.3 Å². The summed E-state index contributed by atoms with van der Waals surface area (Å²) in [6, 6.07) is 0. The number of carbonyl (C=O) groups is 1. The van der Waals surface area contributed by atoms with Crippen LogP contribution >= 0.6 is 0 Å². The Morgan fingerprint density at radius 1 is 0.852 bits per heavy atom. The number of esters is 1. The largest absolute Gasteiger partial charge is 0.456 e. The van der Waals surface area contributed by atoms with E-state index < -0.39 is 18.8 Å². The van der Waals surface area contributed by atoms with E-state index in [0.717, 1.165) is 36.5 Å². The van der Waals surface area contributed by atoms with Crippen molar-refractivity contribution >= 4 is 5.97 Å². The van der Waals surface area contributed by atoms with Crippen LogP contribution in [0.25, 0.3) is 0 Å². The van der Waals surface area contributed by atoms with Gasteiger partial charge in [0, 0.05) is 6.42 Å². The molecule has 0 saturated heterocycles. The van der Waals surface area contributed by atoms with Gasteiger partial charge in [-0.15, -0.1) is 0 Å². The van der Waals surface area contributed by atoms with Gasteiger partial charge in [0.05, 0.1) is 0 Å². The van der Waals surface area contributed by atoms with E-state index in [1.807, 2.05) is 0 Å². The number of rotatable bonds is 15. The molecule has 4 unspecified atom stereocenters. The molecule has 0 heterocycles. The molecule has 0 bridgehead atoms. The lowest BCUT2D eigenvalue weighted by Crippen LogP contribution is -2.20. The first kappa shape index (κ1) is 22.5. The monoisotopic (exact) mass is 390 g/mol. The summed E-state index contributed by atoms with van der Waals surface area (Å²) in [7, 11) is 0. The van der Waals surface area contributed by atoms with Gasteiger partial charge in [0.25, 0.3) is 0 Å². The predicted molar refractivity (Wildman–Crippen MR) is 101 cm³/mol. The highest BCUT2D eigenvalue weighted by Gasteiger charge is 2.44. The summed E-state index contributed by atoms with van der Waals surface area (Å²) in [5.74, 6) is 3.30. The number of hydrogen-bond acceptors (Lipinski definition) is 2. The summed E-state index contributed by atoms with van der Waals surface area (Å²) in [5, 5.41) is 0. The Morgan fingerprint density at radius 2 is 1.41 bits per heavy atom. The van der Waals surface area contributed by atoms with E-state index in [-0.39, 0.29) is 6.42 Å². The fourth-order valence-corrected chi connectivity index (χ4v) is 4.39. The van der Waals surface area contributed by atoms with Crippen LogP contribution in [0.3, 0.4) is 0 Å². The number of carbonyl (C=O) groups excluding carboxylic acids is 1. The average Bonchev–Trinajstić information content (AvgIpc) is 3.51. The smallest absolute Gasteiger partial charge is 0.422 e. The van der Waals surface area contributed by atoms with Crippen molar-refractivity contribution in [2.75, 3.05) is 6.61 Å². The van der Waals surface area contributed by atoms with Crippen LogP contribution in [0.15, 0.2) is 0 Å². The van der Waals surface area contributed by atoms with Gasteiger partial charge in [0.2, 0.25) is 0 Å². The summed E-state index contributed by atoms with van der Waals surface area (Å²) >= 11 is 0. The quantitative estimate of drug-likeness (QED) is 0.221. The van der Waals surface area contributed by atoms with Crippen LogP contribution in [0, 0.1) is 23.7 Å². The number of halogens is 3. The van der Waals surface area contributed by atoms with Crippen LogP contribution in [-0.4, -0.2) is 18.8 Å². The molecule has 0 aromatic rings. The molecule has 0 amide bonds. The lowest BCUT2D eigenvalue weighted by molar-refractivity contribution is -0.186. The normalized spacial score (nSPS) is 26.8. The molecule has 2 aliphatic rings. The second-order valence-electron chi connectivity index (χ2n) is 8.83. The van der Waals surface area contributed by atoms with Crippen molar-refractivity contribution in [3.63, 3.8) is 0 Å². The molecule has 27 heavy (non-hydrogen) atoms. The Kier molecular flexibility index (Phi) is 9.44. The lowest BCUT2D eigenvalue weighted by Gasteiger charge is -2.07. The molecule has 0 spiro atoms. The van der Waals surface area contributed by atoms with Gasteiger partial charge < -0.3 is 4.74 Å². The van der Waals surface area contributed by atoms with Crippen LogP contribution < -0.4 is 0 Å². The molecular formula is C22H37F3O2. The third-order valence-electron chi connectivity index (χ3n) is 6.27. The van der Waals surface area contributed by atoms with Crippen molar-refractivity contribution in [3.05, 3.63) is 0 Å². The molecule has 2 saturated carbocycles. The third kappa shape index (κ3) is 10.4. The summed E-state index contributed by atoms with van der Waals surface area (Å²) in [6.45, 7) is 0.806. The van der Waals surface area contributed by atoms with Crippen molar-refractivity contribution in [3.8, 4) is 0 Å². The third-order valence-corrected chi connectivity index (χ3v) is 6.27. The summed E-state index contributed by atoms with van der Waals surface area (Å²) in [4.78, 5) is 11.2. The van der Waals surface area contributed by atoms with E-state index in [2.05, 4.69) is 11.7 Å². The molecule has 2 fully saturated rings. The van der Waals surface area contributed by atoms with Gasteiger partial charge in [-0.2, -0.15) is 13.2 Å². The Morgan fingerprint density at radius 3 is 2.00 bits per heavy atom. The van der Waals surface area contributed by atoms with Crippen molar-refractivity contribution in [2.24, 2.45) is 23.7 Å². The van der Waals surface area contributed by atoms with E-state index >= 15 is 0 Å². The average molecular weight is 391 g/mol. The van der Waals surface area contributed by atoms with Crippen LogP contribution in [0.5, 0.6) is 0 Å². The maximum Gasteiger partial charge on any atom is 0.422 e. The summed E-state index contributed by atoms with van der Waals surface area (Å²) in [6.07, 6.45) is 12.0. The SMILES string of the molecule is CCCCCC1CC1CC1CC1CCCCCCCC(=O)OCC(F)(F)F. The number of unbranched alkanes of at least 4 members (excludes halogenated alkanes) is 6. The second kappa shape index (κ2) is 11.3. The highest BCUT2D eigenvalue weighted by atomic mass is 19.4. The van der Waals surface area contributed by atoms with Crippen LogP contribution in [0.4, 0.5) is 13.2 Å². The summed E-state index contributed by atoms with van der Waals surface area (Å²) in [5.41, 5.74) is 0. The maximum atomic E-state index is 11.9. The minimum Gasteiger partial charge on any atom is -0.456 e. The lowest BCUT2D eigenvalue weighted by atomic mass is 10.0. The number of ether oxygens (including phenoxy) is 1. The summed E-state index contributed by atoms with van der Waals surface area (Å²) < 4.78 is 40.0. The molecule has 0 N–H and O–H groups in total. The highest BCUT2D eigenvalue weighted by Crippen LogP contribution is 2.54. The Balaban J connectivity index is 1.34. The van der Waals surface area contributed by atoms with E-state index in [1.54, 1.807) is 0 Å². The van der Waals surface area contributed by atoms with E-state index in [1.165, 1.54) is 64.2 Å². The van der Waals surface area contributed by atoms with Gasteiger partial charge in [-0.25, -0.2) is 0 Å². The first-order chi connectivity index (χ1) is 12.9. The standard InChI is InChI=1S/C22H37F3O2/c1-2-3-7-10-17-13-19(17)15-20-14-18(20)11-8-5-4-6-9-12-21(26)27-16-22(23,24)25/h17-20H,2-16H2,1H3. The molecule has 0 aromatic carbocycles. The van der Waals surface area contributed by atoms with E-state index in [0.29, 0.717) is 6.42 Å². The minimum absolute atomic E-state index is 0.0988. The molecule has 4 atom stereocenters. The van der Waals surface area contributed by atoms with Gasteiger partial charge in [-0.1, -0.05) is 64.7 Å². The Bertz CT molecular complexity index is 436. The maximum absolute atomic E-state index is 11.9. The minimum atomic E-state index is -4.42. The molecule has 2 rings (SSSR count). The van der Waals surface area contributed by atoms with Crippen molar-refractivity contribution < 1.29 is 22.7 Å². The van der Waals surface area contributed by atoms with Crippen LogP contribution in [0.1, 0.15) is 96.8 Å². The first-order valence-electron chi connectivity index (χ1n) is 11.1. The molecule has 158 valence electrons. The Labute approximate surface area is 162 Å². The van der Waals surface area contributed by atoms with Gasteiger partial charge in [-0.05, 0) is 49.4 Å². The van der Waals surface area contributed by atoms with Crippen molar-refractivity contribution in [1.29, 1.82) is 0 Å². The predicted octanol–water partition coefficient (Wildman–Crippen LogP) is 7.07. The fraction of sp³-hybridized carbons (Fsp3) is 0.955. The van der Waals surface area contributed by atoms with Crippen molar-refractivity contribution in [1.82, 2.24) is 0 Å². The van der Waals surface area contributed by atoms with E-state index in [9.17, 15) is 18.0 Å². The zero-order valence-electron chi connectivity index (χ0n) is 16.9. The van der Waals surface area contributed by atoms with Gasteiger partial charge in [0.1, 0.15) is 0 Å². The molecule has 0 radical (unpaired) electrons. The number of hydrogen-bond donors (Lipinski definition) is 0.